The molecule has 0 amide bonds. The molecule has 5 rings (SSSR count). The predicted molar refractivity (Wildman–Crippen MR) is 182 cm³/mol. The van der Waals surface area contributed by atoms with Crippen LogP contribution in [0.15, 0.2) is 53.6 Å². The van der Waals surface area contributed by atoms with Gasteiger partial charge in [-0.15, -0.1) is 11.6 Å². The Hall–Kier alpha value is -1.32. The van der Waals surface area contributed by atoms with Gasteiger partial charge in [0.15, 0.2) is 20.4 Å². The van der Waals surface area contributed by atoms with E-state index in [1.165, 1.54) is 0 Å². The van der Waals surface area contributed by atoms with E-state index in [1.807, 2.05) is 51.1 Å². The van der Waals surface area contributed by atoms with Crippen molar-refractivity contribution < 1.29 is 28.2 Å². The first-order valence-electron chi connectivity index (χ1n) is 16.5. The summed E-state index contributed by atoms with van der Waals surface area (Å²) >= 11 is 7.14. The molecular formula is C37H55ClO6Si. The molecule has 2 saturated carbocycles. The van der Waals surface area contributed by atoms with Crippen molar-refractivity contribution in [3.8, 4) is 0 Å². The number of hydrogen-bond donors (Lipinski definition) is 0. The van der Waals surface area contributed by atoms with Crippen molar-refractivity contribution in [3.63, 3.8) is 0 Å². The summed E-state index contributed by atoms with van der Waals surface area (Å²) in [6, 6.07) is 10.1. The van der Waals surface area contributed by atoms with E-state index < -0.39 is 60.3 Å². The number of benzene rings is 1. The second kappa shape index (κ2) is 11.4. The van der Waals surface area contributed by atoms with E-state index in [-0.39, 0.29) is 23.3 Å². The molecule has 1 unspecified atom stereocenters. The van der Waals surface area contributed by atoms with E-state index in [1.54, 1.807) is 7.11 Å². The summed E-state index contributed by atoms with van der Waals surface area (Å²) in [7, 11) is -0.585. The highest BCUT2D eigenvalue weighted by atomic mass is 35.5. The molecule has 6 nitrogen and oxygen atoms in total. The van der Waals surface area contributed by atoms with Gasteiger partial charge in [-0.2, -0.15) is 0 Å². The van der Waals surface area contributed by atoms with Gasteiger partial charge in [0, 0.05) is 36.8 Å². The fourth-order valence-corrected chi connectivity index (χ4v) is 9.71. The second-order valence-electron chi connectivity index (χ2n) is 16.5. The summed E-state index contributed by atoms with van der Waals surface area (Å²) in [4.78, 5) is 15.0. The van der Waals surface area contributed by atoms with Crippen LogP contribution >= 0.6 is 11.6 Å². The lowest BCUT2D eigenvalue weighted by molar-refractivity contribution is -0.256. The quantitative estimate of drug-likeness (QED) is 0.132. The van der Waals surface area contributed by atoms with Gasteiger partial charge in [0.25, 0.3) is 0 Å². The number of alkyl halides is 1. The van der Waals surface area contributed by atoms with Crippen LogP contribution in [0.25, 0.3) is 0 Å². The summed E-state index contributed by atoms with van der Waals surface area (Å²) < 4.78 is 34.1. The number of carbonyl (C=O) groups is 1. The van der Waals surface area contributed by atoms with Crippen molar-refractivity contribution in [1.82, 2.24) is 0 Å². The van der Waals surface area contributed by atoms with E-state index >= 15 is 4.79 Å². The Bertz CT molecular complexity index is 1360. The van der Waals surface area contributed by atoms with Crippen molar-refractivity contribution >= 4 is 25.7 Å². The molecule has 3 fully saturated rings. The van der Waals surface area contributed by atoms with Gasteiger partial charge in [-0.25, -0.2) is 0 Å². The van der Waals surface area contributed by atoms with Gasteiger partial charge >= 0.3 is 0 Å². The lowest BCUT2D eigenvalue weighted by Gasteiger charge is -2.61. The van der Waals surface area contributed by atoms with E-state index in [4.69, 9.17) is 35.0 Å². The summed E-state index contributed by atoms with van der Waals surface area (Å²) in [5.74, 6) is -1.27. The Kier molecular flexibility index (Phi) is 8.86. The van der Waals surface area contributed by atoms with Gasteiger partial charge in [-0.1, -0.05) is 82.7 Å². The predicted octanol–water partition coefficient (Wildman–Crippen LogP) is 8.91. The molecule has 1 saturated heterocycles. The van der Waals surface area contributed by atoms with Crippen LogP contribution in [-0.2, 0) is 28.2 Å². The topological polar surface area (TPSA) is 63.2 Å². The SMILES string of the molecule is C=C1[C@@H](Cl)C[C@H](OC(C)(C)OC)[C@@]2(C)C(=O)CC3=C(C)[C@@H](O[Si](C)(C)C(C)(C)C)C[C@]4(OC(c5ccccc5)O[C@H]4[C@H]12)C3(C)C. The number of fused-ring (bicyclic) bond motifs is 3. The van der Waals surface area contributed by atoms with Gasteiger partial charge < -0.3 is 23.4 Å². The maximum Gasteiger partial charge on any atom is 0.192 e. The standard InChI is InChI=1S/C37H55ClO6Si/c1-22-25-19-28(39)36(10)29(42-35(8,9)40-11)20-26(38)23(2)30(36)31-37(34(25,6)7,21-27(22)44-45(12,13)33(3,4)5)43-32(41-31)24-17-15-14-16-18-24/h14-18,26-27,29-32H,2,19-21H2,1,3-13H3/t26-,27-,29-,30-,31-,32?,36+,37+/m0/s1. The second-order valence-corrected chi connectivity index (χ2v) is 21.8. The van der Waals surface area contributed by atoms with Crippen molar-refractivity contribution in [2.75, 3.05) is 7.11 Å². The number of ether oxygens (including phenoxy) is 4. The molecule has 1 aromatic carbocycles. The molecule has 2 bridgehead atoms. The van der Waals surface area contributed by atoms with Crippen LogP contribution in [0, 0.1) is 16.7 Å². The van der Waals surface area contributed by atoms with Crippen LogP contribution in [0.5, 0.6) is 0 Å². The number of hydrogen-bond acceptors (Lipinski definition) is 6. The van der Waals surface area contributed by atoms with Crippen LogP contribution in [0.3, 0.4) is 0 Å². The van der Waals surface area contributed by atoms with E-state index in [0.29, 0.717) is 12.8 Å². The third-order valence-electron chi connectivity index (χ3n) is 12.3. The highest BCUT2D eigenvalue weighted by Crippen LogP contribution is 2.66. The van der Waals surface area contributed by atoms with Gasteiger partial charge in [0.05, 0.1) is 29.1 Å². The van der Waals surface area contributed by atoms with Crippen molar-refractivity contribution in [2.24, 2.45) is 16.7 Å². The third kappa shape index (κ3) is 5.46. The third-order valence-corrected chi connectivity index (χ3v) is 17.3. The van der Waals surface area contributed by atoms with Crippen LogP contribution in [0.2, 0.25) is 18.1 Å². The zero-order valence-electron chi connectivity index (χ0n) is 29.5. The first-order valence-corrected chi connectivity index (χ1v) is 19.8. The number of halogens is 1. The van der Waals surface area contributed by atoms with E-state index in [9.17, 15) is 0 Å². The molecule has 1 aromatic rings. The molecule has 1 spiro atoms. The van der Waals surface area contributed by atoms with E-state index in [2.05, 4.69) is 61.2 Å². The lowest BCUT2D eigenvalue weighted by Crippen LogP contribution is -2.68. The van der Waals surface area contributed by atoms with Gasteiger partial charge in [0.2, 0.25) is 0 Å². The average molecular weight is 659 g/mol. The first-order chi connectivity index (χ1) is 20.6. The number of rotatable bonds is 6. The Labute approximate surface area is 277 Å². The van der Waals surface area contributed by atoms with Crippen LogP contribution < -0.4 is 0 Å². The number of carbonyl (C=O) groups excluding carboxylic acids is 1. The molecule has 250 valence electrons. The summed E-state index contributed by atoms with van der Waals surface area (Å²) in [6.07, 6.45) is -0.569. The Morgan fingerprint density at radius 3 is 2.27 bits per heavy atom. The molecule has 45 heavy (non-hydrogen) atoms. The zero-order chi connectivity index (χ0) is 33.5. The van der Waals surface area contributed by atoms with Crippen LogP contribution in [0.4, 0.5) is 0 Å². The summed E-state index contributed by atoms with van der Waals surface area (Å²) in [6.45, 7) is 28.3. The van der Waals surface area contributed by atoms with E-state index in [0.717, 1.165) is 22.3 Å². The minimum absolute atomic E-state index is 0.0141. The molecule has 1 heterocycles. The lowest BCUT2D eigenvalue weighted by atomic mass is 9.48. The fourth-order valence-electron chi connectivity index (χ4n) is 8.09. The molecular weight excluding hydrogens is 604 g/mol. The van der Waals surface area contributed by atoms with Gasteiger partial charge in [-0.05, 0) is 57.8 Å². The maximum atomic E-state index is 15.0. The summed E-state index contributed by atoms with van der Waals surface area (Å²) in [5, 5.41) is -0.396. The molecule has 3 aliphatic carbocycles. The van der Waals surface area contributed by atoms with Crippen molar-refractivity contribution in [1.29, 1.82) is 0 Å². The number of ketones is 1. The number of methoxy groups -OCH3 is 1. The average Bonchev–Trinajstić information content (AvgIpc) is 3.32. The monoisotopic (exact) mass is 658 g/mol. The molecule has 8 heteroatoms. The Morgan fingerprint density at radius 2 is 1.69 bits per heavy atom. The normalized spacial score (nSPS) is 37.2. The molecule has 4 aliphatic rings. The highest BCUT2D eigenvalue weighted by molar-refractivity contribution is 6.74. The molecule has 0 radical (unpaired) electrons. The van der Waals surface area contributed by atoms with Gasteiger partial charge in [-0.3, -0.25) is 4.79 Å². The maximum absolute atomic E-state index is 15.0. The molecule has 0 N–H and O–H groups in total. The largest absolute Gasteiger partial charge is 0.410 e. The highest BCUT2D eigenvalue weighted by Gasteiger charge is 2.71. The van der Waals surface area contributed by atoms with Crippen LogP contribution in [-0.4, -0.2) is 56.3 Å². The van der Waals surface area contributed by atoms with Crippen molar-refractivity contribution in [2.45, 2.75) is 141 Å². The molecule has 8 atom stereocenters. The Morgan fingerprint density at radius 1 is 1.07 bits per heavy atom. The Balaban J connectivity index is 1.76. The minimum atomic E-state index is -2.21. The van der Waals surface area contributed by atoms with Crippen LogP contribution in [0.1, 0.15) is 93.4 Å². The fraction of sp³-hybridized carbons (Fsp3) is 0.703. The minimum Gasteiger partial charge on any atom is -0.410 e. The van der Waals surface area contributed by atoms with Gasteiger partial charge in [0.1, 0.15) is 11.4 Å². The van der Waals surface area contributed by atoms with Crippen molar-refractivity contribution in [3.05, 3.63) is 59.2 Å². The molecule has 0 aromatic heterocycles. The smallest absolute Gasteiger partial charge is 0.192 e. The zero-order valence-corrected chi connectivity index (χ0v) is 31.3. The first kappa shape index (κ1) is 35.0. The number of Topliss-reactive ketones (excluding diaryl/α,β-unsaturated/α-hetero) is 1. The summed E-state index contributed by atoms with van der Waals surface area (Å²) in [5.41, 5.74) is 1.59. The molecule has 1 aliphatic heterocycles.